The minimum atomic E-state index is -0.780. The van der Waals surface area contributed by atoms with Gasteiger partial charge < -0.3 is 14.2 Å². The first kappa shape index (κ1) is 58.4. The van der Waals surface area contributed by atoms with E-state index in [1.54, 1.807) is 0 Å². The smallest absolute Gasteiger partial charge is 0.306 e. The first-order valence-corrected chi connectivity index (χ1v) is 26.1. The van der Waals surface area contributed by atoms with Crippen molar-refractivity contribution in [1.29, 1.82) is 0 Å². The van der Waals surface area contributed by atoms with Gasteiger partial charge in [0, 0.05) is 19.3 Å². The van der Waals surface area contributed by atoms with E-state index in [4.69, 9.17) is 14.2 Å². The van der Waals surface area contributed by atoms with Gasteiger partial charge >= 0.3 is 17.9 Å². The zero-order valence-electron chi connectivity index (χ0n) is 40.4. The van der Waals surface area contributed by atoms with Gasteiger partial charge in [0.05, 0.1) is 0 Å². The summed E-state index contributed by atoms with van der Waals surface area (Å²) in [6.45, 7) is 6.50. The van der Waals surface area contributed by atoms with Crippen molar-refractivity contribution in [1.82, 2.24) is 0 Å². The van der Waals surface area contributed by atoms with Gasteiger partial charge in [-0.25, -0.2) is 0 Å². The number of esters is 3. The molecule has 6 heteroatoms. The van der Waals surface area contributed by atoms with E-state index < -0.39 is 6.10 Å². The van der Waals surface area contributed by atoms with Crippen LogP contribution in [0.15, 0.2) is 48.6 Å². The largest absolute Gasteiger partial charge is 0.462 e. The summed E-state index contributed by atoms with van der Waals surface area (Å²) in [5.74, 6) is -0.897. The number of carbonyl (C=O) groups excluding carboxylic acids is 3. The normalized spacial score (nSPS) is 12.4. The lowest BCUT2D eigenvalue weighted by atomic mass is 10.1. The van der Waals surface area contributed by atoms with Crippen LogP contribution in [0.5, 0.6) is 0 Å². The maximum absolute atomic E-state index is 12.8. The minimum absolute atomic E-state index is 0.0798. The lowest BCUT2D eigenvalue weighted by molar-refractivity contribution is -0.167. The fraction of sp³-hybridized carbons (Fsp3) is 0.800. The minimum Gasteiger partial charge on any atom is -0.462 e. The Balaban J connectivity index is 4.31. The first-order chi connectivity index (χ1) is 30.0. The van der Waals surface area contributed by atoms with Crippen LogP contribution >= 0.6 is 0 Å². The molecule has 0 aliphatic heterocycles. The molecule has 0 N–H and O–H groups in total. The monoisotopic (exact) mass is 855 g/mol. The maximum Gasteiger partial charge on any atom is 0.306 e. The number of hydrogen-bond donors (Lipinski definition) is 0. The van der Waals surface area contributed by atoms with Crippen molar-refractivity contribution in [2.75, 3.05) is 13.2 Å². The molecule has 61 heavy (non-hydrogen) atoms. The number of ether oxygens (including phenoxy) is 3. The summed E-state index contributed by atoms with van der Waals surface area (Å²) < 4.78 is 16.8. The SMILES string of the molecule is CC/C=C\C/C=C\C/C=C\CCCCCCCC(=O)O[C@@H](COC(=O)CCCCCCCCC/C=C\CCCCCCCCCC)COC(=O)CCCCCCCCCCC. The predicted octanol–water partition coefficient (Wildman–Crippen LogP) is 17.1. The molecule has 354 valence electrons. The Morgan fingerprint density at radius 2 is 0.639 bits per heavy atom. The standard InChI is InChI=1S/C55H98O6/c1-4-7-10-13-16-19-21-23-25-26-27-28-30-31-33-36-39-42-45-48-54(57)60-51-52(50-59-53(56)47-44-41-38-35-18-15-12-9-6-3)61-55(58)49-46-43-40-37-34-32-29-24-22-20-17-14-11-8-5-2/h8,11,17,20,24,26-27,29,52H,4-7,9-10,12-16,18-19,21-23,25,28,30-51H2,1-3H3/b11-8-,20-17-,27-26-,29-24-/t52-/m1/s1. The van der Waals surface area contributed by atoms with E-state index in [0.29, 0.717) is 19.3 Å². The summed E-state index contributed by atoms with van der Waals surface area (Å²) >= 11 is 0. The molecule has 0 radical (unpaired) electrons. The van der Waals surface area contributed by atoms with Crippen LogP contribution < -0.4 is 0 Å². The highest BCUT2D eigenvalue weighted by atomic mass is 16.6. The molecular weight excluding hydrogens is 757 g/mol. The van der Waals surface area contributed by atoms with E-state index in [1.807, 2.05) is 0 Å². The van der Waals surface area contributed by atoms with E-state index in [0.717, 1.165) is 96.3 Å². The van der Waals surface area contributed by atoms with E-state index in [2.05, 4.69) is 69.4 Å². The number of hydrogen-bond acceptors (Lipinski definition) is 6. The third-order valence-corrected chi connectivity index (χ3v) is 11.3. The van der Waals surface area contributed by atoms with Crippen molar-refractivity contribution in [3.8, 4) is 0 Å². The molecule has 0 aromatic carbocycles. The Bertz CT molecular complexity index is 1070. The van der Waals surface area contributed by atoms with Crippen LogP contribution in [0.1, 0.15) is 265 Å². The zero-order valence-corrected chi connectivity index (χ0v) is 40.4. The molecule has 1 atom stereocenters. The number of rotatable bonds is 47. The molecule has 0 aromatic heterocycles. The second kappa shape index (κ2) is 50.0. The summed E-state index contributed by atoms with van der Waals surface area (Å²) in [6, 6.07) is 0. The van der Waals surface area contributed by atoms with Crippen LogP contribution in [-0.2, 0) is 28.6 Å². The van der Waals surface area contributed by atoms with Gasteiger partial charge in [0.25, 0.3) is 0 Å². The van der Waals surface area contributed by atoms with E-state index in [1.165, 1.54) is 128 Å². The second-order valence-corrected chi connectivity index (χ2v) is 17.4. The highest BCUT2D eigenvalue weighted by Gasteiger charge is 2.19. The van der Waals surface area contributed by atoms with Crippen molar-refractivity contribution in [2.45, 2.75) is 271 Å². The Morgan fingerprint density at radius 1 is 0.344 bits per heavy atom. The average molecular weight is 855 g/mol. The van der Waals surface area contributed by atoms with Gasteiger partial charge in [0.15, 0.2) is 6.10 Å². The molecule has 0 heterocycles. The number of allylic oxidation sites excluding steroid dienone is 8. The molecule has 0 aromatic rings. The van der Waals surface area contributed by atoms with E-state index in [-0.39, 0.29) is 31.1 Å². The Labute approximate surface area is 378 Å². The van der Waals surface area contributed by atoms with Crippen LogP contribution in [0.4, 0.5) is 0 Å². The van der Waals surface area contributed by atoms with Crippen LogP contribution in [-0.4, -0.2) is 37.2 Å². The van der Waals surface area contributed by atoms with Gasteiger partial charge in [-0.15, -0.1) is 0 Å². The fourth-order valence-corrected chi connectivity index (χ4v) is 7.39. The molecule has 0 bridgehead atoms. The van der Waals surface area contributed by atoms with Gasteiger partial charge in [-0.2, -0.15) is 0 Å². The molecule has 0 aliphatic carbocycles. The van der Waals surface area contributed by atoms with Crippen LogP contribution in [0.2, 0.25) is 0 Å². The molecule has 0 spiro atoms. The average Bonchev–Trinajstić information content (AvgIpc) is 3.26. The number of carbonyl (C=O) groups is 3. The van der Waals surface area contributed by atoms with Gasteiger partial charge in [0.1, 0.15) is 13.2 Å². The van der Waals surface area contributed by atoms with Gasteiger partial charge in [-0.1, -0.05) is 217 Å². The van der Waals surface area contributed by atoms with Crippen molar-refractivity contribution in [3.05, 3.63) is 48.6 Å². The lowest BCUT2D eigenvalue weighted by Crippen LogP contribution is -2.30. The van der Waals surface area contributed by atoms with Crippen molar-refractivity contribution >= 4 is 17.9 Å². The Kier molecular flexibility index (Phi) is 47.9. The second-order valence-electron chi connectivity index (χ2n) is 17.4. The fourth-order valence-electron chi connectivity index (χ4n) is 7.39. The Hall–Kier alpha value is -2.63. The van der Waals surface area contributed by atoms with Gasteiger partial charge in [-0.3, -0.25) is 14.4 Å². The molecule has 0 saturated carbocycles. The van der Waals surface area contributed by atoms with Crippen LogP contribution in [0, 0.1) is 0 Å². The molecule has 0 amide bonds. The molecule has 0 unspecified atom stereocenters. The summed E-state index contributed by atoms with van der Waals surface area (Å²) in [6.07, 6.45) is 59.6. The van der Waals surface area contributed by atoms with Crippen LogP contribution in [0.25, 0.3) is 0 Å². The third-order valence-electron chi connectivity index (χ3n) is 11.3. The van der Waals surface area contributed by atoms with E-state index >= 15 is 0 Å². The molecule has 0 rings (SSSR count). The van der Waals surface area contributed by atoms with Crippen molar-refractivity contribution < 1.29 is 28.6 Å². The molecule has 6 nitrogen and oxygen atoms in total. The van der Waals surface area contributed by atoms with Crippen LogP contribution in [0.3, 0.4) is 0 Å². The van der Waals surface area contributed by atoms with Crippen molar-refractivity contribution in [3.63, 3.8) is 0 Å². The third kappa shape index (κ3) is 48.3. The summed E-state index contributed by atoms with van der Waals surface area (Å²) in [5, 5.41) is 0. The van der Waals surface area contributed by atoms with Gasteiger partial charge in [0.2, 0.25) is 0 Å². The summed E-state index contributed by atoms with van der Waals surface area (Å²) in [4.78, 5) is 37.9. The summed E-state index contributed by atoms with van der Waals surface area (Å²) in [7, 11) is 0. The topological polar surface area (TPSA) is 78.9 Å². The Morgan fingerprint density at radius 3 is 1.02 bits per heavy atom. The first-order valence-electron chi connectivity index (χ1n) is 26.1. The van der Waals surface area contributed by atoms with E-state index in [9.17, 15) is 14.4 Å². The number of unbranched alkanes of at least 4 members (excludes halogenated alkanes) is 28. The maximum atomic E-state index is 12.8. The zero-order chi connectivity index (χ0) is 44.4. The predicted molar refractivity (Wildman–Crippen MR) is 261 cm³/mol. The van der Waals surface area contributed by atoms with Gasteiger partial charge in [-0.05, 0) is 77.0 Å². The summed E-state index contributed by atoms with van der Waals surface area (Å²) in [5.41, 5.74) is 0. The molecule has 0 fully saturated rings. The highest BCUT2D eigenvalue weighted by Crippen LogP contribution is 2.15. The molecular formula is C55H98O6. The lowest BCUT2D eigenvalue weighted by Gasteiger charge is -2.18. The highest BCUT2D eigenvalue weighted by molar-refractivity contribution is 5.71. The molecule has 0 saturated heterocycles. The van der Waals surface area contributed by atoms with Crippen molar-refractivity contribution in [2.24, 2.45) is 0 Å². The molecule has 0 aliphatic rings. The quantitative estimate of drug-likeness (QED) is 0.0263.